The molecule has 1 atom stereocenters. The van der Waals surface area contributed by atoms with Crippen LogP contribution in [0.5, 0.6) is 0 Å². The standard InChI is InChI=1S/C13H21BrN2O/c1-13(2,17-4)8-7-11(15-3)12-10(14)6-5-9-16-12/h5-6,9,11,15H,7-8H2,1-4H3. The van der Waals surface area contributed by atoms with Gasteiger partial charge in [0.05, 0.1) is 17.3 Å². The summed E-state index contributed by atoms with van der Waals surface area (Å²) in [5.41, 5.74) is 0.970. The summed E-state index contributed by atoms with van der Waals surface area (Å²) in [5.74, 6) is 0. The molecule has 0 amide bonds. The van der Waals surface area contributed by atoms with Gasteiger partial charge in [-0.05, 0) is 61.8 Å². The molecule has 0 aromatic carbocycles. The predicted molar refractivity (Wildman–Crippen MR) is 74.1 cm³/mol. The Morgan fingerprint density at radius 3 is 2.76 bits per heavy atom. The summed E-state index contributed by atoms with van der Waals surface area (Å²) in [4.78, 5) is 4.43. The van der Waals surface area contributed by atoms with Crippen LogP contribution < -0.4 is 5.32 Å². The first-order valence-electron chi connectivity index (χ1n) is 5.83. The lowest BCUT2D eigenvalue weighted by Crippen LogP contribution is -2.26. The van der Waals surface area contributed by atoms with E-state index in [9.17, 15) is 0 Å². The second-order valence-corrected chi connectivity index (χ2v) is 5.57. The third kappa shape index (κ3) is 4.37. The lowest BCUT2D eigenvalue weighted by Gasteiger charge is -2.26. The monoisotopic (exact) mass is 300 g/mol. The molecule has 0 saturated carbocycles. The van der Waals surface area contributed by atoms with Gasteiger partial charge in [-0.2, -0.15) is 0 Å². The van der Waals surface area contributed by atoms with Crippen LogP contribution in [0.15, 0.2) is 22.8 Å². The van der Waals surface area contributed by atoms with Gasteiger partial charge in [-0.1, -0.05) is 0 Å². The average molecular weight is 301 g/mol. The van der Waals surface area contributed by atoms with E-state index in [4.69, 9.17) is 4.74 Å². The minimum absolute atomic E-state index is 0.0869. The zero-order chi connectivity index (χ0) is 12.9. The largest absolute Gasteiger partial charge is 0.379 e. The highest BCUT2D eigenvalue weighted by Gasteiger charge is 2.21. The van der Waals surface area contributed by atoms with Gasteiger partial charge in [-0.15, -0.1) is 0 Å². The second kappa shape index (κ2) is 6.47. The third-order valence-corrected chi connectivity index (χ3v) is 3.72. The van der Waals surface area contributed by atoms with Crippen molar-refractivity contribution in [3.05, 3.63) is 28.5 Å². The lowest BCUT2D eigenvalue weighted by molar-refractivity contribution is 0.0117. The van der Waals surface area contributed by atoms with Gasteiger partial charge >= 0.3 is 0 Å². The van der Waals surface area contributed by atoms with Crippen molar-refractivity contribution < 1.29 is 4.74 Å². The molecule has 0 aliphatic carbocycles. The van der Waals surface area contributed by atoms with Crippen LogP contribution in [-0.2, 0) is 4.74 Å². The summed E-state index contributed by atoms with van der Waals surface area (Å²) >= 11 is 3.54. The molecule has 0 fully saturated rings. The van der Waals surface area contributed by atoms with E-state index in [1.54, 1.807) is 7.11 Å². The van der Waals surface area contributed by atoms with Crippen molar-refractivity contribution >= 4 is 15.9 Å². The zero-order valence-corrected chi connectivity index (χ0v) is 12.5. The van der Waals surface area contributed by atoms with Gasteiger partial charge in [0.25, 0.3) is 0 Å². The smallest absolute Gasteiger partial charge is 0.0714 e. The molecule has 0 aliphatic rings. The lowest BCUT2D eigenvalue weighted by atomic mass is 9.97. The minimum Gasteiger partial charge on any atom is -0.379 e. The predicted octanol–water partition coefficient (Wildman–Crippen LogP) is 3.31. The third-order valence-electron chi connectivity index (χ3n) is 3.05. The molecule has 0 saturated heterocycles. The fourth-order valence-corrected chi connectivity index (χ4v) is 2.20. The Kier molecular flexibility index (Phi) is 5.56. The average Bonchev–Trinajstić information content (AvgIpc) is 2.32. The molecule has 1 aromatic rings. The second-order valence-electron chi connectivity index (χ2n) is 4.71. The van der Waals surface area contributed by atoms with Gasteiger partial charge in [0.15, 0.2) is 0 Å². The van der Waals surface area contributed by atoms with Crippen molar-refractivity contribution in [2.45, 2.75) is 38.3 Å². The number of ether oxygens (including phenoxy) is 1. The minimum atomic E-state index is -0.0869. The number of methoxy groups -OCH3 is 1. The summed E-state index contributed by atoms with van der Waals surface area (Å²) in [6.45, 7) is 4.21. The van der Waals surface area contributed by atoms with Crippen LogP contribution in [0, 0.1) is 0 Å². The van der Waals surface area contributed by atoms with Gasteiger partial charge in [-0.25, -0.2) is 0 Å². The van der Waals surface area contributed by atoms with Crippen molar-refractivity contribution in [2.24, 2.45) is 0 Å². The highest BCUT2D eigenvalue weighted by molar-refractivity contribution is 9.10. The van der Waals surface area contributed by atoms with Crippen LogP contribution in [0.4, 0.5) is 0 Å². The fourth-order valence-electron chi connectivity index (χ4n) is 1.67. The van der Waals surface area contributed by atoms with Crippen LogP contribution in [0.25, 0.3) is 0 Å². The molecule has 0 bridgehead atoms. The Balaban J connectivity index is 2.70. The zero-order valence-electron chi connectivity index (χ0n) is 11.0. The molecule has 0 aliphatic heterocycles. The molecule has 1 heterocycles. The molecule has 3 nitrogen and oxygen atoms in total. The van der Waals surface area contributed by atoms with Crippen molar-refractivity contribution in [1.82, 2.24) is 10.3 Å². The molecular formula is C13H21BrN2O. The number of hydrogen-bond donors (Lipinski definition) is 1. The molecule has 1 N–H and O–H groups in total. The van der Waals surface area contributed by atoms with E-state index in [2.05, 4.69) is 40.1 Å². The fraction of sp³-hybridized carbons (Fsp3) is 0.615. The summed E-state index contributed by atoms with van der Waals surface area (Å²) in [6.07, 6.45) is 3.80. The van der Waals surface area contributed by atoms with Crippen LogP contribution in [-0.4, -0.2) is 24.7 Å². The molecule has 1 rings (SSSR count). The Morgan fingerprint density at radius 2 is 2.24 bits per heavy atom. The molecule has 96 valence electrons. The summed E-state index contributed by atoms with van der Waals surface area (Å²) < 4.78 is 6.49. The molecular weight excluding hydrogens is 280 g/mol. The van der Waals surface area contributed by atoms with E-state index < -0.39 is 0 Å². The molecule has 1 aromatic heterocycles. The molecule has 0 spiro atoms. The quantitative estimate of drug-likeness (QED) is 0.875. The van der Waals surface area contributed by atoms with Crippen LogP contribution >= 0.6 is 15.9 Å². The van der Waals surface area contributed by atoms with Gasteiger partial charge in [0, 0.05) is 17.8 Å². The highest BCUT2D eigenvalue weighted by Crippen LogP contribution is 2.27. The topological polar surface area (TPSA) is 34.1 Å². The maximum atomic E-state index is 5.44. The van der Waals surface area contributed by atoms with Crippen molar-refractivity contribution in [1.29, 1.82) is 0 Å². The number of nitrogens with zero attached hydrogens (tertiary/aromatic N) is 1. The maximum Gasteiger partial charge on any atom is 0.0714 e. The first-order valence-corrected chi connectivity index (χ1v) is 6.62. The summed E-state index contributed by atoms with van der Waals surface area (Å²) in [6, 6.07) is 4.20. The Hall–Kier alpha value is -0.450. The molecule has 1 unspecified atom stereocenters. The maximum absolute atomic E-state index is 5.44. The number of aromatic nitrogens is 1. The Bertz CT molecular complexity index is 355. The molecule has 0 radical (unpaired) electrons. The number of hydrogen-bond acceptors (Lipinski definition) is 3. The van der Waals surface area contributed by atoms with Crippen molar-refractivity contribution in [3.63, 3.8) is 0 Å². The molecule has 17 heavy (non-hydrogen) atoms. The van der Waals surface area contributed by atoms with E-state index in [1.807, 2.05) is 25.4 Å². The first kappa shape index (κ1) is 14.6. The van der Waals surface area contributed by atoms with E-state index >= 15 is 0 Å². The Morgan fingerprint density at radius 1 is 1.53 bits per heavy atom. The van der Waals surface area contributed by atoms with Crippen LogP contribution in [0.2, 0.25) is 0 Å². The van der Waals surface area contributed by atoms with Crippen molar-refractivity contribution in [3.8, 4) is 0 Å². The molecule has 4 heteroatoms. The first-order chi connectivity index (χ1) is 8.00. The number of halogens is 1. The SMILES string of the molecule is CNC(CCC(C)(C)OC)c1ncccc1Br. The number of nitrogens with one attached hydrogen (secondary N) is 1. The number of pyridine rings is 1. The van der Waals surface area contributed by atoms with E-state index in [0.29, 0.717) is 0 Å². The Labute approximate surface area is 112 Å². The van der Waals surface area contributed by atoms with Gasteiger partial charge < -0.3 is 10.1 Å². The van der Waals surface area contributed by atoms with Gasteiger partial charge in [0.2, 0.25) is 0 Å². The van der Waals surface area contributed by atoms with E-state index in [0.717, 1.165) is 23.0 Å². The van der Waals surface area contributed by atoms with Gasteiger partial charge in [0.1, 0.15) is 0 Å². The van der Waals surface area contributed by atoms with Gasteiger partial charge in [-0.3, -0.25) is 4.98 Å². The summed E-state index contributed by atoms with van der Waals surface area (Å²) in [7, 11) is 3.72. The number of rotatable bonds is 6. The summed E-state index contributed by atoms with van der Waals surface area (Å²) in [5, 5.41) is 3.31. The van der Waals surface area contributed by atoms with E-state index in [1.165, 1.54) is 0 Å². The van der Waals surface area contributed by atoms with Crippen LogP contribution in [0.1, 0.15) is 38.4 Å². The highest BCUT2D eigenvalue weighted by atomic mass is 79.9. The normalized spacial score (nSPS) is 13.7. The van der Waals surface area contributed by atoms with E-state index in [-0.39, 0.29) is 11.6 Å². The van der Waals surface area contributed by atoms with Crippen molar-refractivity contribution in [2.75, 3.05) is 14.2 Å². The van der Waals surface area contributed by atoms with Crippen LogP contribution in [0.3, 0.4) is 0 Å².